The van der Waals surface area contributed by atoms with Crippen LogP contribution < -0.4 is 5.73 Å². The van der Waals surface area contributed by atoms with Crippen LogP contribution in [0.1, 0.15) is 0 Å². The van der Waals surface area contributed by atoms with E-state index in [1.807, 2.05) is 0 Å². The van der Waals surface area contributed by atoms with Gasteiger partial charge in [0.2, 0.25) is 0 Å². The fourth-order valence-electron chi connectivity index (χ4n) is 0.100. The zero-order valence-corrected chi connectivity index (χ0v) is 3.75. The van der Waals surface area contributed by atoms with Crippen molar-refractivity contribution in [2.45, 2.75) is 6.18 Å². The molecule has 0 aliphatic heterocycles. The Hall–Kier alpha value is -0.580. The molecule has 47 valence electrons. The number of ketones is 1. The zero-order chi connectivity index (χ0) is 6.78. The van der Waals surface area contributed by atoms with Gasteiger partial charge in [-0.05, 0) is 0 Å². The number of alkyl halides is 3. The van der Waals surface area contributed by atoms with E-state index in [0.29, 0.717) is 0 Å². The van der Waals surface area contributed by atoms with Gasteiger partial charge >= 0.3 is 6.18 Å². The Labute approximate surface area is 43.5 Å². The number of hydrogen-bond acceptors (Lipinski definition) is 1. The Morgan fingerprint density at radius 2 is 1.88 bits per heavy atom. The maximum absolute atomic E-state index is 11.0. The normalized spacial score (nSPS) is 11.5. The Morgan fingerprint density at radius 3 is 1.88 bits per heavy atom. The zero-order valence-electron chi connectivity index (χ0n) is 3.75. The number of nitrogens with one attached hydrogen (secondary N) is 1. The van der Waals surface area contributed by atoms with E-state index in [-0.39, 0.29) is 0 Å². The summed E-state index contributed by atoms with van der Waals surface area (Å²) in [6, 6.07) is 0. The van der Waals surface area contributed by atoms with Crippen molar-refractivity contribution < 1.29 is 18.0 Å². The van der Waals surface area contributed by atoms with Crippen molar-refractivity contribution in [3.05, 3.63) is 0 Å². The Morgan fingerprint density at radius 1 is 1.50 bits per heavy atom. The largest absolute Gasteiger partial charge is 0.451 e. The van der Waals surface area contributed by atoms with E-state index in [9.17, 15) is 18.0 Å². The molecule has 8 heavy (non-hydrogen) atoms. The van der Waals surface area contributed by atoms with Crippen molar-refractivity contribution in [1.82, 2.24) is 5.73 Å². The highest BCUT2D eigenvalue weighted by Gasteiger charge is 2.36. The summed E-state index contributed by atoms with van der Waals surface area (Å²) in [6.07, 6.45) is -4.82. The van der Waals surface area contributed by atoms with E-state index >= 15 is 0 Å². The lowest BCUT2D eigenvalue weighted by molar-refractivity contribution is -0.169. The summed E-state index contributed by atoms with van der Waals surface area (Å²) in [4.78, 5) is 9.52. The smallest absolute Gasteiger partial charge is 0.288 e. The molecule has 0 atom stereocenters. The standard InChI is InChI=1S/C3H3F3NO/c4-3(5,6)2(8)1-7/h7H,1H2. The van der Waals surface area contributed by atoms with Crippen LogP contribution >= 0.6 is 0 Å². The molecule has 0 unspecified atom stereocenters. The van der Waals surface area contributed by atoms with Crippen molar-refractivity contribution in [3.63, 3.8) is 0 Å². The van der Waals surface area contributed by atoms with E-state index in [1.165, 1.54) is 0 Å². The van der Waals surface area contributed by atoms with Crippen LogP contribution in [0.3, 0.4) is 0 Å². The molecular formula is C3H3F3NO. The molecular weight excluding hydrogens is 123 g/mol. The summed E-state index contributed by atoms with van der Waals surface area (Å²) in [6.45, 7) is -1.22. The highest BCUT2D eigenvalue weighted by molar-refractivity contribution is 5.85. The van der Waals surface area contributed by atoms with Gasteiger partial charge in [0.05, 0.1) is 6.54 Å². The quantitative estimate of drug-likeness (QED) is 0.501. The molecule has 0 saturated heterocycles. The first-order chi connectivity index (χ1) is 3.48. The molecule has 0 bridgehead atoms. The molecule has 0 aromatic rings. The first-order valence-corrected chi connectivity index (χ1v) is 1.73. The summed E-state index contributed by atoms with van der Waals surface area (Å²) in [5.41, 5.74) is 5.99. The number of halogens is 3. The highest BCUT2D eigenvalue weighted by Crippen LogP contribution is 2.14. The lowest BCUT2D eigenvalue weighted by Gasteiger charge is -1.98. The van der Waals surface area contributed by atoms with Crippen LogP contribution in [-0.4, -0.2) is 18.5 Å². The van der Waals surface area contributed by atoms with Gasteiger partial charge in [0, 0.05) is 0 Å². The fraction of sp³-hybridized carbons (Fsp3) is 0.667. The van der Waals surface area contributed by atoms with Gasteiger partial charge in [-0.1, -0.05) is 0 Å². The van der Waals surface area contributed by atoms with E-state index in [2.05, 4.69) is 0 Å². The fourth-order valence-corrected chi connectivity index (χ4v) is 0.100. The first-order valence-electron chi connectivity index (χ1n) is 1.73. The van der Waals surface area contributed by atoms with Gasteiger partial charge in [0.15, 0.2) is 0 Å². The predicted octanol–water partition coefficient (Wildman–Crippen LogP) is 0.401. The van der Waals surface area contributed by atoms with Crippen LogP contribution in [0.25, 0.3) is 0 Å². The molecule has 0 aliphatic rings. The third kappa shape index (κ3) is 1.92. The molecule has 1 radical (unpaired) electrons. The van der Waals surface area contributed by atoms with Crippen molar-refractivity contribution in [2.75, 3.05) is 6.54 Å². The third-order valence-electron chi connectivity index (χ3n) is 0.477. The van der Waals surface area contributed by atoms with E-state index in [4.69, 9.17) is 5.73 Å². The van der Waals surface area contributed by atoms with E-state index in [0.717, 1.165) is 0 Å². The van der Waals surface area contributed by atoms with Crippen molar-refractivity contribution in [3.8, 4) is 0 Å². The Bertz CT molecular complexity index is 97.2. The molecule has 0 aromatic carbocycles. The van der Waals surface area contributed by atoms with Crippen LogP contribution in [0.2, 0.25) is 0 Å². The molecule has 2 nitrogen and oxygen atoms in total. The van der Waals surface area contributed by atoms with Crippen LogP contribution in [0.15, 0.2) is 0 Å². The number of carbonyl (C=O) groups is 1. The van der Waals surface area contributed by atoms with Gasteiger partial charge in [0.1, 0.15) is 0 Å². The molecule has 5 heteroatoms. The van der Waals surface area contributed by atoms with Crippen LogP contribution in [0.4, 0.5) is 13.2 Å². The second-order valence-electron chi connectivity index (χ2n) is 1.10. The molecule has 0 rings (SSSR count). The predicted molar refractivity (Wildman–Crippen MR) is 19.0 cm³/mol. The Balaban J connectivity index is 3.82. The average molecular weight is 126 g/mol. The van der Waals surface area contributed by atoms with Crippen LogP contribution in [0, 0.1) is 0 Å². The van der Waals surface area contributed by atoms with E-state index in [1.54, 1.807) is 0 Å². The maximum Gasteiger partial charge on any atom is 0.451 e. The van der Waals surface area contributed by atoms with Gasteiger partial charge in [-0.15, -0.1) is 0 Å². The number of carbonyl (C=O) groups excluding carboxylic acids is 1. The molecule has 0 aromatic heterocycles. The van der Waals surface area contributed by atoms with Gasteiger partial charge < -0.3 is 0 Å². The van der Waals surface area contributed by atoms with Gasteiger partial charge in [0.25, 0.3) is 5.78 Å². The van der Waals surface area contributed by atoms with E-state index < -0.39 is 18.5 Å². The van der Waals surface area contributed by atoms with Crippen molar-refractivity contribution >= 4 is 5.78 Å². The molecule has 0 saturated carbocycles. The second-order valence-corrected chi connectivity index (χ2v) is 1.10. The second kappa shape index (κ2) is 2.13. The average Bonchev–Trinajstić information content (AvgIpc) is 1.62. The lowest BCUT2D eigenvalue weighted by atomic mass is 10.4. The van der Waals surface area contributed by atoms with Crippen molar-refractivity contribution in [2.24, 2.45) is 0 Å². The topological polar surface area (TPSA) is 40.9 Å². The van der Waals surface area contributed by atoms with Crippen molar-refractivity contribution in [1.29, 1.82) is 0 Å². The third-order valence-corrected chi connectivity index (χ3v) is 0.477. The molecule has 0 spiro atoms. The highest BCUT2D eigenvalue weighted by atomic mass is 19.4. The number of hydrogen-bond donors (Lipinski definition) is 0. The van der Waals surface area contributed by atoms with Crippen LogP contribution in [-0.2, 0) is 4.79 Å². The molecule has 1 N–H and O–H groups in total. The van der Waals surface area contributed by atoms with Gasteiger partial charge in [-0.2, -0.15) is 13.2 Å². The Kier molecular flexibility index (Phi) is 1.97. The summed E-state index contributed by atoms with van der Waals surface area (Å²) in [5, 5.41) is 0. The number of Topliss-reactive ketones (excluding diaryl/α,β-unsaturated/α-hetero) is 1. The minimum atomic E-state index is -4.82. The first kappa shape index (κ1) is 7.42. The summed E-state index contributed by atoms with van der Waals surface area (Å²) < 4.78 is 32.9. The summed E-state index contributed by atoms with van der Waals surface area (Å²) in [5.74, 6) is -2.00. The SMILES string of the molecule is [NH]CC(=O)C(F)(F)F. The van der Waals surface area contributed by atoms with Crippen LogP contribution in [0.5, 0.6) is 0 Å². The monoisotopic (exact) mass is 126 g/mol. The van der Waals surface area contributed by atoms with Gasteiger partial charge in [-0.25, -0.2) is 5.73 Å². The minimum absolute atomic E-state index is 1.22. The maximum atomic E-state index is 11.0. The molecule has 0 fully saturated rings. The molecule has 0 heterocycles. The summed E-state index contributed by atoms with van der Waals surface area (Å²) in [7, 11) is 0. The molecule has 0 aliphatic carbocycles. The minimum Gasteiger partial charge on any atom is -0.288 e. The summed E-state index contributed by atoms with van der Waals surface area (Å²) >= 11 is 0. The number of rotatable bonds is 1. The lowest BCUT2D eigenvalue weighted by Crippen LogP contribution is -2.26. The van der Waals surface area contributed by atoms with Gasteiger partial charge in [-0.3, -0.25) is 4.79 Å². The molecule has 0 amide bonds.